The second kappa shape index (κ2) is 6.64. The molecule has 0 aliphatic carbocycles. The second-order valence-corrected chi connectivity index (χ2v) is 3.97. The van der Waals surface area contributed by atoms with E-state index in [-0.39, 0.29) is 11.5 Å². The number of carbonyl (C=O) groups excluding carboxylic acids is 1. The van der Waals surface area contributed by atoms with Crippen molar-refractivity contribution in [2.75, 3.05) is 18.4 Å². The number of amides is 1. The molecule has 5 nitrogen and oxygen atoms in total. The maximum absolute atomic E-state index is 11.2. The minimum absolute atomic E-state index is 0.00445. The van der Waals surface area contributed by atoms with Crippen molar-refractivity contribution < 1.29 is 14.7 Å². The molecular formula is C13H18N2O3. The number of carboxylic acid groups (broad SMARTS) is 1. The quantitative estimate of drug-likeness (QED) is 0.717. The second-order valence-electron chi connectivity index (χ2n) is 3.97. The van der Waals surface area contributed by atoms with E-state index in [2.05, 4.69) is 10.6 Å². The van der Waals surface area contributed by atoms with Crippen molar-refractivity contribution in [3.8, 4) is 0 Å². The fourth-order valence-electron chi connectivity index (χ4n) is 1.59. The summed E-state index contributed by atoms with van der Waals surface area (Å²) in [5.41, 5.74) is 1.97. The van der Waals surface area contributed by atoms with Crippen molar-refractivity contribution in [1.29, 1.82) is 0 Å². The van der Waals surface area contributed by atoms with Crippen molar-refractivity contribution in [3.63, 3.8) is 0 Å². The van der Waals surface area contributed by atoms with Crippen LogP contribution in [0.5, 0.6) is 0 Å². The van der Waals surface area contributed by atoms with E-state index < -0.39 is 5.97 Å². The lowest BCUT2D eigenvalue weighted by molar-refractivity contribution is -0.120. The van der Waals surface area contributed by atoms with Crippen LogP contribution in [0.1, 0.15) is 29.3 Å². The van der Waals surface area contributed by atoms with Crippen molar-refractivity contribution >= 4 is 17.6 Å². The van der Waals surface area contributed by atoms with E-state index in [1.807, 2.05) is 13.8 Å². The molecule has 0 radical (unpaired) electrons. The molecule has 1 amide bonds. The van der Waals surface area contributed by atoms with Gasteiger partial charge in [0.05, 0.1) is 5.56 Å². The number of carbonyl (C=O) groups is 2. The summed E-state index contributed by atoms with van der Waals surface area (Å²) >= 11 is 0. The van der Waals surface area contributed by atoms with Crippen LogP contribution in [0.2, 0.25) is 0 Å². The first-order valence-electron chi connectivity index (χ1n) is 5.89. The zero-order chi connectivity index (χ0) is 13.5. The molecule has 0 aliphatic heterocycles. The maximum atomic E-state index is 11.2. The SMILES string of the molecule is CCNC(=O)CCNc1ccc(C(=O)O)cc1C. The van der Waals surface area contributed by atoms with Crippen molar-refractivity contribution in [3.05, 3.63) is 29.3 Å². The smallest absolute Gasteiger partial charge is 0.335 e. The number of hydrogen-bond acceptors (Lipinski definition) is 3. The first kappa shape index (κ1) is 14.0. The Morgan fingerprint density at radius 1 is 1.33 bits per heavy atom. The van der Waals surface area contributed by atoms with E-state index in [1.54, 1.807) is 18.2 Å². The van der Waals surface area contributed by atoms with Crippen LogP contribution in [0.3, 0.4) is 0 Å². The van der Waals surface area contributed by atoms with Gasteiger partial charge < -0.3 is 15.7 Å². The predicted octanol–water partition coefficient (Wildman–Crippen LogP) is 1.63. The number of aromatic carboxylic acids is 1. The third-order valence-electron chi connectivity index (χ3n) is 2.51. The maximum Gasteiger partial charge on any atom is 0.335 e. The van der Waals surface area contributed by atoms with Crippen LogP contribution in [-0.4, -0.2) is 30.1 Å². The third kappa shape index (κ3) is 4.08. The van der Waals surface area contributed by atoms with Gasteiger partial charge in [0, 0.05) is 25.2 Å². The largest absolute Gasteiger partial charge is 0.478 e. The Morgan fingerprint density at radius 3 is 2.61 bits per heavy atom. The highest BCUT2D eigenvalue weighted by Gasteiger charge is 2.05. The van der Waals surface area contributed by atoms with Gasteiger partial charge in [0.2, 0.25) is 5.91 Å². The Morgan fingerprint density at radius 2 is 2.06 bits per heavy atom. The Bertz CT molecular complexity index is 444. The predicted molar refractivity (Wildman–Crippen MR) is 69.9 cm³/mol. The van der Waals surface area contributed by atoms with Gasteiger partial charge in [-0.05, 0) is 37.6 Å². The summed E-state index contributed by atoms with van der Waals surface area (Å²) in [7, 11) is 0. The van der Waals surface area contributed by atoms with Gasteiger partial charge in [0.1, 0.15) is 0 Å². The molecule has 0 heterocycles. The number of nitrogens with one attached hydrogen (secondary N) is 2. The monoisotopic (exact) mass is 250 g/mol. The number of carboxylic acids is 1. The molecule has 1 rings (SSSR count). The number of rotatable bonds is 6. The third-order valence-corrected chi connectivity index (χ3v) is 2.51. The van der Waals surface area contributed by atoms with Gasteiger partial charge in [-0.1, -0.05) is 0 Å². The van der Waals surface area contributed by atoms with Gasteiger partial charge in [0.25, 0.3) is 0 Å². The van der Waals surface area contributed by atoms with Gasteiger partial charge in [-0.25, -0.2) is 4.79 Å². The van der Waals surface area contributed by atoms with Gasteiger partial charge >= 0.3 is 5.97 Å². The highest BCUT2D eigenvalue weighted by atomic mass is 16.4. The zero-order valence-corrected chi connectivity index (χ0v) is 10.6. The molecule has 0 aliphatic rings. The van der Waals surface area contributed by atoms with Crippen LogP contribution in [0.4, 0.5) is 5.69 Å². The molecule has 1 aromatic rings. The van der Waals surface area contributed by atoms with Crippen molar-refractivity contribution in [1.82, 2.24) is 5.32 Å². The Kier molecular flexibility index (Phi) is 5.17. The molecular weight excluding hydrogens is 232 g/mol. The summed E-state index contributed by atoms with van der Waals surface area (Å²) in [5, 5.41) is 14.7. The molecule has 0 bridgehead atoms. The van der Waals surface area contributed by atoms with E-state index >= 15 is 0 Å². The summed E-state index contributed by atoms with van der Waals surface area (Å²) < 4.78 is 0. The van der Waals surface area contributed by atoms with Crippen LogP contribution in [0, 0.1) is 6.92 Å². The topological polar surface area (TPSA) is 78.4 Å². The van der Waals surface area contributed by atoms with Crippen LogP contribution in [-0.2, 0) is 4.79 Å². The van der Waals surface area contributed by atoms with Crippen LogP contribution in [0.25, 0.3) is 0 Å². The molecule has 0 saturated heterocycles. The number of hydrogen-bond donors (Lipinski definition) is 3. The van der Waals surface area contributed by atoms with E-state index in [0.717, 1.165) is 11.3 Å². The molecule has 0 fully saturated rings. The zero-order valence-electron chi connectivity index (χ0n) is 10.6. The van der Waals surface area contributed by atoms with Crippen LogP contribution >= 0.6 is 0 Å². The summed E-state index contributed by atoms with van der Waals surface area (Å²) in [6.07, 6.45) is 0.397. The fourth-order valence-corrected chi connectivity index (χ4v) is 1.59. The first-order chi connectivity index (χ1) is 8.54. The van der Waals surface area contributed by atoms with E-state index in [9.17, 15) is 9.59 Å². The average Bonchev–Trinajstić information content (AvgIpc) is 2.31. The summed E-state index contributed by atoms with van der Waals surface area (Å²) in [6, 6.07) is 4.87. The van der Waals surface area contributed by atoms with E-state index in [1.165, 1.54) is 0 Å². The fraction of sp³-hybridized carbons (Fsp3) is 0.385. The standard InChI is InChI=1S/C13H18N2O3/c1-3-14-12(16)6-7-15-11-5-4-10(13(17)18)8-9(11)2/h4-5,8,15H,3,6-7H2,1-2H3,(H,14,16)(H,17,18). The van der Waals surface area contributed by atoms with Gasteiger partial charge in [-0.2, -0.15) is 0 Å². The van der Waals surface area contributed by atoms with E-state index in [0.29, 0.717) is 19.5 Å². The van der Waals surface area contributed by atoms with Crippen LogP contribution in [0.15, 0.2) is 18.2 Å². The first-order valence-corrected chi connectivity index (χ1v) is 5.89. The molecule has 0 atom stereocenters. The number of benzene rings is 1. The number of aryl methyl sites for hydroxylation is 1. The highest BCUT2D eigenvalue weighted by Crippen LogP contribution is 2.16. The molecule has 0 saturated carbocycles. The van der Waals surface area contributed by atoms with E-state index in [4.69, 9.17) is 5.11 Å². The molecule has 3 N–H and O–H groups in total. The molecule has 1 aromatic carbocycles. The molecule has 5 heteroatoms. The lowest BCUT2D eigenvalue weighted by Gasteiger charge is -2.10. The molecule has 98 valence electrons. The Hall–Kier alpha value is -2.04. The average molecular weight is 250 g/mol. The van der Waals surface area contributed by atoms with Gasteiger partial charge in [0.15, 0.2) is 0 Å². The van der Waals surface area contributed by atoms with Crippen LogP contribution < -0.4 is 10.6 Å². The summed E-state index contributed by atoms with van der Waals surface area (Å²) in [4.78, 5) is 22.0. The van der Waals surface area contributed by atoms with Gasteiger partial charge in [-0.15, -0.1) is 0 Å². The minimum atomic E-state index is -0.938. The Labute approximate surface area is 106 Å². The lowest BCUT2D eigenvalue weighted by Crippen LogP contribution is -2.24. The lowest BCUT2D eigenvalue weighted by atomic mass is 10.1. The molecule has 0 unspecified atom stereocenters. The normalized spacial score (nSPS) is 9.89. The Balaban J connectivity index is 2.53. The summed E-state index contributed by atoms with van der Waals surface area (Å²) in [6.45, 7) is 4.87. The van der Waals surface area contributed by atoms with Crippen molar-refractivity contribution in [2.45, 2.75) is 20.3 Å². The minimum Gasteiger partial charge on any atom is -0.478 e. The summed E-state index contributed by atoms with van der Waals surface area (Å²) in [5.74, 6) is -0.934. The molecule has 0 aromatic heterocycles. The van der Waals surface area contributed by atoms with Gasteiger partial charge in [-0.3, -0.25) is 4.79 Å². The highest BCUT2D eigenvalue weighted by molar-refractivity contribution is 5.88. The van der Waals surface area contributed by atoms with Crippen molar-refractivity contribution in [2.24, 2.45) is 0 Å². The number of anilines is 1. The molecule has 0 spiro atoms. The molecule has 18 heavy (non-hydrogen) atoms.